The van der Waals surface area contributed by atoms with Gasteiger partial charge in [0.1, 0.15) is 5.60 Å². The van der Waals surface area contributed by atoms with Crippen molar-refractivity contribution < 1.29 is 5.11 Å². The van der Waals surface area contributed by atoms with Gasteiger partial charge < -0.3 is 10.4 Å². The highest BCUT2D eigenvalue weighted by molar-refractivity contribution is 5.23. The standard InChI is InChI=1S/C9H17N3O/c1-7-8(5-12(4)11-7)9(2,13)6-10-3/h5,10,13H,6H2,1-4H3. The largest absolute Gasteiger partial charge is 0.384 e. The van der Waals surface area contributed by atoms with Crippen LogP contribution in [0.5, 0.6) is 0 Å². The summed E-state index contributed by atoms with van der Waals surface area (Å²) < 4.78 is 1.72. The minimum atomic E-state index is -0.840. The fourth-order valence-electron chi connectivity index (χ4n) is 1.57. The first-order valence-electron chi connectivity index (χ1n) is 4.35. The van der Waals surface area contributed by atoms with Crippen LogP contribution in [-0.4, -0.2) is 28.5 Å². The molecule has 0 saturated carbocycles. The highest BCUT2D eigenvalue weighted by Crippen LogP contribution is 2.21. The van der Waals surface area contributed by atoms with E-state index in [0.717, 1.165) is 11.3 Å². The Bertz CT molecular complexity index is 291. The zero-order valence-electron chi connectivity index (χ0n) is 8.63. The molecular formula is C9H17N3O. The predicted molar refractivity (Wildman–Crippen MR) is 51.4 cm³/mol. The molecule has 0 amide bonds. The number of hydrogen-bond acceptors (Lipinski definition) is 3. The number of rotatable bonds is 3. The van der Waals surface area contributed by atoms with Gasteiger partial charge in [0.2, 0.25) is 0 Å². The van der Waals surface area contributed by atoms with Gasteiger partial charge in [0.15, 0.2) is 0 Å². The van der Waals surface area contributed by atoms with Crippen molar-refractivity contribution in [2.45, 2.75) is 19.4 Å². The Morgan fingerprint density at radius 1 is 1.69 bits per heavy atom. The van der Waals surface area contributed by atoms with Crippen molar-refractivity contribution in [2.24, 2.45) is 7.05 Å². The number of aryl methyl sites for hydroxylation is 2. The number of hydrogen-bond donors (Lipinski definition) is 2. The second-order valence-corrected chi connectivity index (χ2v) is 3.61. The third kappa shape index (κ3) is 2.08. The lowest BCUT2D eigenvalue weighted by Crippen LogP contribution is -2.33. The van der Waals surface area contributed by atoms with Crippen LogP contribution in [0, 0.1) is 6.92 Å². The molecule has 4 nitrogen and oxygen atoms in total. The highest BCUT2D eigenvalue weighted by Gasteiger charge is 2.25. The average Bonchev–Trinajstić information content (AvgIpc) is 2.30. The Hall–Kier alpha value is -0.870. The van der Waals surface area contributed by atoms with Crippen molar-refractivity contribution >= 4 is 0 Å². The first kappa shape index (κ1) is 10.2. The van der Waals surface area contributed by atoms with E-state index in [0.29, 0.717) is 6.54 Å². The minimum Gasteiger partial charge on any atom is -0.384 e. The summed E-state index contributed by atoms with van der Waals surface area (Å²) in [5.74, 6) is 0. The Morgan fingerprint density at radius 3 is 2.69 bits per heavy atom. The van der Waals surface area contributed by atoms with Crippen LogP contribution in [0.1, 0.15) is 18.2 Å². The molecule has 74 valence electrons. The molecule has 1 aromatic rings. The molecule has 0 radical (unpaired) electrons. The van der Waals surface area contributed by atoms with Crippen LogP contribution in [0.25, 0.3) is 0 Å². The van der Waals surface area contributed by atoms with E-state index in [2.05, 4.69) is 10.4 Å². The van der Waals surface area contributed by atoms with Crippen LogP contribution in [0.4, 0.5) is 0 Å². The summed E-state index contributed by atoms with van der Waals surface area (Å²) in [4.78, 5) is 0. The molecule has 0 aliphatic heterocycles. The van der Waals surface area contributed by atoms with Gasteiger partial charge in [0.25, 0.3) is 0 Å². The second-order valence-electron chi connectivity index (χ2n) is 3.61. The monoisotopic (exact) mass is 183 g/mol. The van der Waals surface area contributed by atoms with E-state index in [4.69, 9.17) is 0 Å². The Balaban J connectivity index is 2.98. The second kappa shape index (κ2) is 3.47. The number of likely N-dealkylation sites (N-methyl/N-ethyl adjacent to an activating group) is 1. The SMILES string of the molecule is CNCC(C)(O)c1cn(C)nc1C. The molecule has 4 heteroatoms. The predicted octanol–water partition coefficient (Wildman–Crippen LogP) is 0.155. The minimum absolute atomic E-state index is 0.527. The van der Waals surface area contributed by atoms with E-state index in [9.17, 15) is 5.11 Å². The van der Waals surface area contributed by atoms with Crippen molar-refractivity contribution in [1.29, 1.82) is 0 Å². The van der Waals surface area contributed by atoms with Crippen molar-refractivity contribution in [3.63, 3.8) is 0 Å². The zero-order chi connectivity index (χ0) is 10.1. The van der Waals surface area contributed by atoms with Gasteiger partial charge in [0, 0.05) is 25.4 Å². The molecule has 0 spiro atoms. The molecule has 1 aromatic heterocycles. The topological polar surface area (TPSA) is 50.1 Å². The third-order valence-corrected chi connectivity index (χ3v) is 2.11. The van der Waals surface area contributed by atoms with Gasteiger partial charge >= 0.3 is 0 Å². The maximum absolute atomic E-state index is 10.1. The molecule has 0 saturated heterocycles. The molecule has 1 rings (SSSR count). The Labute approximate surface area is 78.6 Å². The molecule has 13 heavy (non-hydrogen) atoms. The summed E-state index contributed by atoms with van der Waals surface area (Å²) in [6.07, 6.45) is 1.85. The molecule has 1 heterocycles. The molecule has 0 aliphatic carbocycles. The molecule has 0 aromatic carbocycles. The number of nitrogens with zero attached hydrogens (tertiary/aromatic N) is 2. The lowest BCUT2D eigenvalue weighted by Gasteiger charge is -2.22. The van der Waals surface area contributed by atoms with Crippen LogP contribution >= 0.6 is 0 Å². The summed E-state index contributed by atoms with van der Waals surface area (Å²) in [7, 11) is 3.67. The lowest BCUT2D eigenvalue weighted by molar-refractivity contribution is 0.0585. The smallest absolute Gasteiger partial charge is 0.102 e. The molecule has 2 N–H and O–H groups in total. The molecule has 1 atom stereocenters. The molecule has 1 unspecified atom stereocenters. The maximum Gasteiger partial charge on any atom is 0.102 e. The summed E-state index contributed by atoms with van der Waals surface area (Å²) in [5.41, 5.74) is 0.916. The quantitative estimate of drug-likeness (QED) is 0.701. The first-order chi connectivity index (χ1) is 5.97. The average molecular weight is 183 g/mol. The molecule has 0 fully saturated rings. The van der Waals surface area contributed by atoms with Gasteiger partial charge in [0.05, 0.1) is 5.69 Å². The summed E-state index contributed by atoms with van der Waals surface area (Å²) in [6, 6.07) is 0. The van der Waals surface area contributed by atoms with Crippen LogP contribution in [0.3, 0.4) is 0 Å². The van der Waals surface area contributed by atoms with E-state index in [1.165, 1.54) is 0 Å². The third-order valence-electron chi connectivity index (χ3n) is 2.11. The van der Waals surface area contributed by atoms with Gasteiger partial charge in [-0.1, -0.05) is 0 Å². The van der Waals surface area contributed by atoms with Crippen LogP contribution in [0.15, 0.2) is 6.20 Å². The maximum atomic E-state index is 10.1. The summed E-state index contributed by atoms with van der Waals surface area (Å²) in [5, 5.41) is 17.2. The van der Waals surface area contributed by atoms with E-state index >= 15 is 0 Å². The van der Waals surface area contributed by atoms with Gasteiger partial charge in [-0.25, -0.2) is 0 Å². The summed E-state index contributed by atoms with van der Waals surface area (Å²) >= 11 is 0. The van der Waals surface area contributed by atoms with Gasteiger partial charge in [-0.3, -0.25) is 4.68 Å². The normalized spacial score (nSPS) is 15.8. The van der Waals surface area contributed by atoms with E-state index in [1.807, 2.05) is 27.2 Å². The van der Waals surface area contributed by atoms with Crippen LogP contribution in [-0.2, 0) is 12.6 Å². The molecule has 0 aliphatic rings. The van der Waals surface area contributed by atoms with Crippen molar-refractivity contribution in [3.05, 3.63) is 17.5 Å². The summed E-state index contributed by atoms with van der Waals surface area (Å²) in [6.45, 7) is 4.21. The number of aromatic nitrogens is 2. The van der Waals surface area contributed by atoms with Gasteiger partial charge in [-0.15, -0.1) is 0 Å². The Morgan fingerprint density at radius 2 is 2.31 bits per heavy atom. The lowest BCUT2D eigenvalue weighted by atomic mass is 9.97. The van der Waals surface area contributed by atoms with Crippen LogP contribution < -0.4 is 5.32 Å². The molecular weight excluding hydrogens is 166 g/mol. The highest BCUT2D eigenvalue weighted by atomic mass is 16.3. The van der Waals surface area contributed by atoms with Gasteiger partial charge in [-0.2, -0.15) is 5.10 Å². The first-order valence-corrected chi connectivity index (χ1v) is 4.35. The van der Waals surface area contributed by atoms with Gasteiger partial charge in [-0.05, 0) is 20.9 Å². The Kier molecular flexibility index (Phi) is 2.73. The zero-order valence-corrected chi connectivity index (χ0v) is 8.63. The van der Waals surface area contributed by atoms with Crippen LogP contribution in [0.2, 0.25) is 0 Å². The van der Waals surface area contributed by atoms with E-state index in [1.54, 1.807) is 11.6 Å². The van der Waals surface area contributed by atoms with Crippen molar-refractivity contribution in [2.75, 3.05) is 13.6 Å². The van der Waals surface area contributed by atoms with E-state index in [-0.39, 0.29) is 0 Å². The number of nitrogens with one attached hydrogen (secondary N) is 1. The fourth-order valence-corrected chi connectivity index (χ4v) is 1.57. The number of aliphatic hydroxyl groups is 1. The van der Waals surface area contributed by atoms with E-state index < -0.39 is 5.60 Å². The van der Waals surface area contributed by atoms with Crippen molar-refractivity contribution in [1.82, 2.24) is 15.1 Å². The molecule has 0 bridgehead atoms. The fraction of sp³-hybridized carbons (Fsp3) is 0.667. The van der Waals surface area contributed by atoms with Crippen molar-refractivity contribution in [3.8, 4) is 0 Å².